The lowest BCUT2D eigenvalue weighted by molar-refractivity contribution is -0.116. The minimum absolute atomic E-state index is 0.0153. The molecule has 0 unspecified atom stereocenters. The van der Waals surface area contributed by atoms with Crippen LogP contribution in [-0.4, -0.2) is 45.0 Å². The van der Waals surface area contributed by atoms with E-state index in [1.54, 1.807) is 7.05 Å². The lowest BCUT2D eigenvalue weighted by Gasteiger charge is -2.19. The number of carbonyl (C=O) groups excluding carboxylic acids is 2. The van der Waals surface area contributed by atoms with Crippen LogP contribution < -0.4 is 10.6 Å². The van der Waals surface area contributed by atoms with Gasteiger partial charge in [-0.05, 0) is 35.1 Å². The maximum absolute atomic E-state index is 12.6. The molecule has 5 rings (SSSR count). The summed E-state index contributed by atoms with van der Waals surface area (Å²) in [5.74, 6) is -1.52. The number of nitrogens with one attached hydrogen (secondary N) is 2. The van der Waals surface area contributed by atoms with Gasteiger partial charge in [-0.25, -0.2) is 9.59 Å². The van der Waals surface area contributed by atoms with E-state index in [0.29, 0.717) is 12.8 Å². The van der Waals surface area contributed by atoms with Gasteiger partial charge in [-0.3, -0.25) is 9.48 Å². The largest absolute Gasteiger partial charge is 0.477 e. The lowest BCUT2D eigenvalue weighted by Crippen LogP contribution is -2.40. The number of carboxylic acids is 1. The first kappa shape index (κ1) is 21.7. The number of aryl methyl sites for hydroxylation is 1. The van der Waals surface area contributed by atoms with Crippen molar-refractivity contribution in [2.24, 2.45) is 7.05 Å². The maximum Gasteiger partial charge on any atom is 0.407 e. The molecule has 174 valence electrons. The lowest BCUT2D eigenvalue weighted by atomic mass is 9.98. The van der Waals surface area contributed by atoms with Gasteiger partial charge >= 0.3 is 12.1 Å². The van der Waals surface area contributed by atoms with Gasteiger partial charge in [-0.15, -0.1) is 0 Å². The SMILES string of the molecule is Cn1ncc(C(=O)O)c1NC(=O)CC1(NC(=O)OCC2c3ccccc3-c3ccccc32)CC1. The van der Waals surface area contributed by atoms with E-state index in [-0.39, 0.29) is 30.3 Å². The van der Waals surface area contributed by atoms with Gasteiger partial charge in [0.2, 0.25) is 5.91 Å². The standard InChI is InChI=1S/C25H24N4O5/c1-29-22(19(13-26-29)23(31)32)27-21(30)12-25(10-11-25)28-24(33)34-14-20-17-8-4-2-6-15(17)16-7-3-5-9-18(16)20/h2-9,13,20H,10-12,14H2,1H3,(H,27,30)(H,28,33)(H,31,32). The van der Waals surface area contributed by atoms with Crippen molar-refractivity contribution in [2.45, 2.75) is 30.7 Å². The molecule has 1 fully saturated rings. The van der Waals surface area contributed by atoms with Crippen LogP contribution in [0.2, 0.25) is 0 Å². The fraction of sp³-hybridized carbons (Fsp3) is 0.280. The molecule has 9 heteroatoms. The molecule has 1 saturated carbocycles. The van der Waals surface area contributed by atoms with Crippen LogP contribution in [0.4, 0.5) is 10.6 Å². The van der Waals surface area contributed by atoms with Crippen LogP contribution in [0.25, 0.3) is 11.1 Å². The van der Waals surface area contributed by atoms with E-state index in [9.17, 15) is 19.5 Å². The number of rotatable bonds is 7. The molecule has 0 saturated heterocycles. The molecule has 2 aliphatic carbocycles. The predicted octanol–water partition coefficient (Wildman–Crippen LogP) is 3.52. The Kier molecular flexibility index (Phi) is 5.31. The normalized spacial score (nSPS) is 15.2. The van der Waals surface area contributed by atoms with Gasteiger partial charge in [0.25, 0.3) is 0 Å². The summed E-state index contributed by atoms with van der Waals surface area (Å²) >= 11 is 0. The zero-order valence-electron chi connectivity index (χ0n) is 18.6. The van der Waals surface area contributed by atoms with Crippen molar-refractivity contribution in [3.63, 3.8) is 0 Å². The van der Waals surface area contributed by atoms with Crippen molar-refractivity contribution >= 4 is 23.8 Å². The van der Waals surface area contributed by atoms with Crippen molar-refractivity contribution < 1.29 is 24.2 Å². The molecule has 0 aliphatic heterocycles. The van der Waals surface area contributed by atoms with Gasteiger partial charge in [0.1, 0.15) is 18.0 Å². The number of aromatic nitrogens is 2. The van der Waals surface area contributed by atoms with Crippen molar-refractivity contribution in [3.05, 3.63) is 71.4 Å². The number of carboxylic acid groups (broad SMARTS) is 1. The zero-order valence-corrected chi connectivity index (χ0v) is 18.6. The number of alkyl carbamates (subject to hydrolysis) is 1. The number of anilines is 1. The van der Waals surface area contributed by atoms with Gasteiger partial charge < -0.3 is 20.5 Å². The Morgan fingerprint density at radius 2 is 1.71 bits per heavy atom. The van der Waals surface area contributed by atoms with Gasteiger partial charge in [-0.1, -0.05) is 48.5 Å². The third-order valence-corrected chi connectivity index (χ3v) is 6.49. The van der Waals surface area contributed by atoms with E-state index < -0.39 is 23.5 Å². The number of ether oxygens (including phenoxy) is 1. The summed E-state index contributed by atoms with van der Waals surface area (Å²) in [6.07, 6.45) is 1.91. The number of carbonyl (C=O) groups is 3. The monoisotopic (exact) mass is 460 g/mol. The van der Waals surface area contributed by atoms with E-state index in [4.69, 9.17) is 4.74 Å². The third-order valence-electron chi connectivity index (χ3n) is 6.49. The highest BCUT2D eigenvalue weighted by atomic mass is 16.5. The average molecular weight is 460 g/mol. The van der Waals surface area contributed by atoms with Crippen LogP contribution in [0.3, 0.4) is 0 Å². The number of hydrogen-bond acceptors (Lipinski definition) is 5. The molecule has 0 radical (unpaired) electrons. The zero-order chi connectivity index (χ0) is 23.9. The third kappa shape index (κ3) is 4.00. The Morgan fingerprint density at radius 3 is 2.29 bits per heavy atom. The van der Waals surface area contributed by atoms with Crippen molar-refractivity contribution in [1.82, 2.24) is 15.1 Å². The fourth-order valence-electron chi connectivity index (χ4n) is 4.57. The molecule has 0 atom stereocenters. The molecule has 34 heavy (non-hydrogen) atoms. The second-order valence-corrected chi connectivity index (χ2v) is 8.79. The average Bonchev–Trinajstić information content (AvgIpc) is 3.34. The number of fused-ring (bicyclic) bond motifs is 3. The Labute approximate surface area is 195 Å². The van der Waals surface area contributed by atoms with E-state index in [0.717, 1.165) is 22.3 Å². The summed E-state index contributed by atoms with van der Waals surface area (Å²) in [5.41, 5.74) is 3.78. The molecule has 2 aromatic carbocycles. The Morgan fingerprint density at radius 1 is 1.09 bits per heavy atom. The minimum Gasteiger partial charge on any atom is -0.477 e. The molecule has 3 N–H and O–H groups in total. The highest BCUT2D eigenvalue weighted by molar-refractivity contribution is 5.99. The number of amides is 2. The van der Waals surface area contributed by atoms with Crippen LogP contribution in [-0.2, 0) is 16.6 Å². The molecule has 2 amide bonds. The van der Waals surface area contributed by atoms with Crippen LogP contribution in [0.5, 0.6) is 0 Å². The van der Waals surface area contributed by atoms with Gasteiger partial charge in [0.05, 0.1) is 18.2 Å². The summed E-state index contributed by atoms with van der Waals surface area (Å²) in [7, 11) is 1.55. The first-order chi connectivity index (χ1) is 16.4. The van der Waals surface area contributed by atoms with Crippen LogP contribution in [0.15, 0.2) is 54.7 Å². The van der Waals surface area contributed by atoms with E-state index >= 15 is 0 Å². The summed E-state index contributed by atoms with van der Waals surface area (Å²) in [5, 5.41) is 18.6. The quantitative estimate of drug-likeness (QED) is 0.496. The smallest absolute Gasteiger partial charge is 0.407 e. The first-order valence-electron chi connectivity index (χ1n) is 11.1. The molecule has 0 bridgehead atoms. The highest BCUT2D eigenvalue weighted by Gasteiger charge is 2.46. The number of nitrogens with zero attached hydrogens (tertiary/aromatic N) is 2. The summed E-state index contributed by atoms with van der Waals surface area (Å²) in [4.78, 5) is 36.5. The molecule has 1 heterocycles. The first-order valence-corrected chi connectivity index (χ1v) is 11.1. The summed E-state index contributed by atoms with van der Waals surface area (Å²) in [6, 6.07) is 16.2. The summed E-state index contributed by atoms with van der Waals surface area (Å²) < 4.78 is 6.89. The molecule has 0 spiro atoms. The Bertz CT molecular complexity index is 1250. The maximum atomic E-state index is 12.6. The fourth-order valence-corrected chi connectivity index (χ4v) is 4.57. The van der Waals surface area contributed by atoms with Crippen molar-refractivity contribution in [3.8, 4) is 11.1 Å². The molecular weight excluding hydrogens is 436 g/mol. The molecule has 3 aromatic rings. The number of hydrogen-bond donors (Lipinski definition) is 3. The van der Waals surface area contributed by atoms with Crippen LogP contribution >= 0.6 is 0 Å². The van der Waals surface area contributed by atoms with Gasteiger partial charge in [0, 0.05) is 13.0 Å². The van der Waals surface area contributed by atoms with Crippen molar-refractivity contribution in [2.75, 3.05) is 11.9 Å². The number of aromatic carboxylic acids is 1. The van der Waals surface area contributed by atoms with Crippen LogP contribution in [0, 0.1) is 0 Å². The number of benzene rings is 2. The second kappa shape index (κ2) is 8.33. The topological polar surface area (TPSA) is 123 Å². The van der Waals surface area contributed by atoms with Crippen LogP contribution in [0.1, 0.15) is 46.7 Å². The summed E-state index contributed by atoms with van der Waals surface area (Å²) in [6.45, 7) is 0.194. The predicted molar refractivity (Wildman–Crippen MR) is 124 cm³/mol. The highest BCUT2D eigenvalue weighted by Crippen LogP contribution is 2.44. The molecule has 9 nitrogen and oxygen atoms in total. The van der Waals surface area contributed by atoms with E-state index in [1.807, 2.05) is 24.3 Å². The second-order valence-electron chi connectivity index (χ2n) is 8.79. The van der Waals surface area contributed by atoms with Gasteiger partial charge in [-0.2, -0.15) is 5.10 Å². The van der Waals surface area contributed by atoms with Crippen molar-refractivity contribution in [1.29, 1.82) is 0 Å². The Balaban J connectivity index is 1.20. The molecule has 1 aromatic heterocycles. The molecular formula is C25H24N4O5. The van der Waals surface area contributed by atoms with E-state index in [1.165, 1.54) is 10.9 Å². The Hall–Kier alpha value is -4.14. The molecule has 2 aliphatic rings. The van der Waals surface area contributed by atoms with Gasteiger partial charge in [0.15, 0.2) is 0 Å². The minimum atomic E-state index is -1.18. The van der Waals surface area contributed by atoms with E-state index in [2.05, 4.69) is 40.0 Å².